The van der Waals surface area contributed by atoms with E-state index in [1.165, 1.54) is 24.3 Å². The predicted molar refractivity (Wildman–Crippen MR) is 74.4 cm³/mol. The molecule has 114 valence electrons. The van der Waals surface area contributed by atoms with E-state index in [9.17, 15) is 13.6 Å². The van der Waals surface area contributed by atoms with E-state index in [1.54, 1.807) is 18.2 Å². The molecule has 3 N–H and O–H groups in total. The molecule has 0 bridgehead atoms. The third kappa shape index (κ3) is 3.07. The zero-order valence-electron chi connectivity index (χ0n) is 11.3. The second-order valence-electron chi connectivity index (χ2n) is 4.54. The summed E-state index contributed by atoms with van der Waals surface area (Å²) in [7, 11) is 0. The highest BCUT2D eigenvalue weighted by molar-refractivity contribution is 5.78. The Morgan fingerprint density at radius 1 is 1.09 bits per heavy atom. The Morgan fingerprint density at radius 2 is 1.86 bits per heavy atom. The molecule has 6 nitrogen and oxygen atoms in total. The quantitative estimate of drug-likeness (QED) is 0.808. The molecule has 3 rings (SSSR count). The second-order valence-corrected chi connectivity index (χ2v) is 4.54. The number of nitrogens with one attached hydrogen (secondary N) is 3. The SMILES string of the molecule is O=C1NNN(c2ccc(OCc3ccc(F)cc3)cc2F)N1. The summed E-state index contributed by atoms with van der Waals surface area (Å²) in [6, 6.07) is 9.57. The Kier molecular flexibility index (Phi) is 3.75. The highest BCUT2D eigenvalue weighted by atomic mass is 19.1. The minimum absolute atomic E-state index is 0.132. The van der Waals surface area contributed by atoms with Gasteiger partial charge in [0.15, 0.2) is 5.82 Å². The van der Waals surface area contributed by atoms with E-state index in [4.69, 9.17) is 4.74 Å². The standard InChI is InChI=1S/C14H12F2N4O2/c15-10-3-1-9(2-4-10)8-22-11-5-6-13(12(16)7-11)20-18-14(21)17-19-20/h1-7,19H,8H2,(H2,17,18,21). The van der Waals surface area contributed by atoms with E-state index in [-0.39, 0.29) is 18.1 Å². The average Bonchev–Trinajstić information content (AvgIpc) is 2.93. The van der Waals surface area contributed by atoms with Crippen molar-refractivity contribution >= 4 is 11.7 Å². The van der Waals surface area contributed by atoms with Gasteiger partial charge in [-0.2, -0.15) is 5.12 Å². The van der Waals surface area contributed by atoms with Gasteiger partial charge in [-0.25, -0.2) is 19.0 Å². The first-order valence-electron chi connectivity index (χ1n) is 6.41. The lowest BCUT2D eigenvalue weighted by Crippen LogP contribution is -2.40. The summed E-state index contributed by atoms with van der Waals surface area (Å²) in [6.07, 6.45) is 0. The minimum atomic E-state index is -0.576. The number of benzene rings is 2. The first kappa shape index (κ1) is 14.1. The van der Waals surface area contributed by atoms with Crippen molar-refractivity contribution in [3.8, 4) is 5.75 Å². The Bertz CT molecular complexity index is 694. The van der Waals surface area contributed by atoms with Gasteiger partial charge in [-0.15, -0.1) is 5.53 Å². The van der Waals surface area contributed by atoms with Gasteiger partial charge in [0, 0.05) is 6.07 Å². The van der Waals surface area contributed by atoms with Gasteiger partial charge in [0.2, 0.25) is 0 Å². The van der Waals surface area contributed by atoms with Crippen molar-refractivity contribution in [1.82, 2.24) is 16.4 Å². The molecule has 0 unspecified atom stereocenters. The molecule has 2 aromatic carbocycles. The lowest BCUT2D eigenvalue weighted by molar-refractivity contribution is 0.247. The average molecular weight is 306 g/mol. The van der Waals surface area contributed by atoms with Crippen LogP contribution in [0.2, 0.25) is 0 Å². The number of carbonyl (C=O) groups is 1. The maximum atomic E-state index is 14.0. The fraction of sp³-hybridized carbons (Fsp3) is 0.0714. The van der Waals surface area contributed by atoms with Gasteiger partial charge in [0.25, 0.3) is 0 Å². The number of halogens is 2. The largest absolute Gasteiger partial charge is 0.489 e. The minimum Gasteiger partial charge on any atom is -0.489 e. The first-order chi connectivity index (χ1) is 10.6. The fourth-order valence-corrected chi connectivity index (χ4v) is 1.89. The van der Waals surface area contributed by atoms with E-state index < -0.39 is 11.8 Å². The molecule has 22 heavy (non-hydrogen) atoms. The van der Waals surface area contributed by atoms with Crippen molar-refractivity contribution in [2.24, 2.45) is 0 Å². The third-order valence-corrected chi connectivity index (χ3v) is 2.97. The maximum Gasteiger partial charge on any atom is 0.350 e. The van der Waals surface area contributed by atoms with Crippen molar-refractivity contribution in [3.05, 3.63) is 59.7 Å². The molecular weight excluding hydrogens is 294 g/mol. The lowest BCUT2D eigenvalue weighted by Gasteiger charge is -2.16. The number of rotatable bonds is 4. The third-order valence-electron chi connectivity index (χ3n) is 2.97. The summed E-state index contributed by atoms with van der Waals surface area (Å²) in [6.45, 7) is 0.194. The first-order valence-corrected chi connectivity index (χ1v) is 6.41. The normalized spacial score (nSPS) is 13.7. The number of hydrogen-bond donors (Lipinski definition) is 3. The number of hydrazine groups is 3. The number of hydrogen-bond acceptors (Lipinski definition) is 4. The van der Waals surface area contributed by atoms with Gasteiger partial charge in [-0.05, 0) is 29.8 Å². The number of nitrogens with zero attached hydrogens (tertiary/aromatic N) is 1. The number of anilines is 1. The molecule has 1 saturated heterocycles. The smallest absolute Gasteiger partial charge is 0.350 e. The molecule has 1 aliphatic rings. The zero-order chi connectivity index (χ0) is 15.5. The van der Waals surface area contributed by atoms with Gasteiger partial charge in [-0.1, -0.05) is 12.1 Å². The number of carbonyl (C=O) groups excluding carboxylic acids is 1. The van der Waals surface area contributed by atoms with Crippen molar-refractivity contribution in [1.29, 1.82) is 0 Å². The van der Waals surface area contributed by atoms with Crippen LogP contribution in [0.1, 0.15) is 5.56 Å². The molecule has 0 radical (unpaired) electrons. The van der Waals surface area contributed by atoms with Crippen LogP contribution in [-0.2, 0) is 6.61 Å². The molecule has 8 heteroatoms. The van der Waals surface area contributed by atoms with Crippen LogP contribution in [0.4, 0.5) is 19.3 Å². The molecule has 1 aliphatic heterocycles. The maximum absolute atomic E-state index is 14.0. The van der Waals surface area contributed by atoms with Crippen LogP contribution in [-0.4, -0.2) is 6.03 Å². The summed E-state index contributed by atoms with van der Waals surface area (Å²) in [5.74, 6) is -0.579. The molecular formula is C14H12F2N4O2. The monoisotopic (exact) mass is 306 g/mol. The summed E-state index contributed by atoms with van der Waals surface area (Å²) in [4.78, 5) is 11.0. The van der Waals surface area contributed by atoms with Crippen LogP contribution in [0, 0.1) is 11.6 Å². The molecule has 0 spiro atoms. The van der Waals surface area contributed by atoms with Gasteiger partial charge in [-0.3, -0.25) is 5.43 Å². The van der Waals surface area contributed by atoms with Crippen LogP contribution >= 0.6 is 0 Å². The molecule has 0 atom stereocenters. The molecule has 1 fully saturated rings. The van der Waals surface area contributed by atoms with E-state index in [0.29, 0.717) is 5.75 Å². The molecule has 2 aromatic rings. The molecule has 1 heterocycles. The van der Waals surface area contributed by atoms with Gasteiger partial charge in [0.1, 0.15) is 23.9 Å². The molecule has 2 amide bonds. The van der Waals surface area contributed by atoms with Crippen molar-refractivity contribution in [3.63, 3.8) is 0 Å². The van der Waals surface area contributed by atoms with Crippen LogP contribution in [0.25, 0.3) is 0 Å². The van der Waals surface area contributed by atoms with E-state index in [0.717, 1.165) is 10.7 Å². The van der Waals surface area contributed by atoms with Crippen LogP contribution in [0.15, 0.2) is 42.5 Å². The number of urea groups is 1. The van der Waals surface area contributed by atoms with E-state index in [1.807, 2.05) is 0 Å². The Balaban J connectivity index is 1.66. The Labute approximate surface area is 124 Å². The fourth-order valence-electron chi connectivity index (χ4n) is 1.89. The summed E-state index contributed by atoms with van der Waals surface area (Å²) in [5.41, 5.74) is 7.96. The van der Waals surface area contributed by atoms with Crippen molar-refractivity contribution < 1.29 is 18.3 Å². The van der Waals surface area contributed by atoms with Gasteiger partial charge < -0.3 is 4.74 Å². The Hall–Kier alpha value is -2.87. The molecule has 0 aromatic heterocycles. The highest BCUT2D eigenvalue weighted by Gasteiger charge is 2.20. The van der Waals surface area contributed by atoms with Crippen molar-refractivity contribution in [2.45, 2.75) is 6.61 Å². The van der Waals surface area contributed by atoms with Crippen molar-refractivity contribution in [2.75, 3.05) is 5.12 Å². The molecule has 0 saturated carbocycles. The topological polar surface area (TPSA) is 65.6 Å². The second kappa shape index (κ2) is 5.86. The number of amides is 2. The summed E-state index contributed by atoms with van der Waals surface area (Å²) in [5, 5.41) is 1.11. The zero-order valence-corrected chi connectivity index (χ0v) is 11.3. The lowest BCUT2D eigenvalue weighted by atomic mass is 10.2. The van der Waals surface area contributed by atoms with Gasteiger partial charge >= 0.3 is 6.03 Å². The van der Waals surface area contributed by atoms with E-state index in [2.05, 4.69) is 16.4 Å². The summed E-state index contributed by atoms with van der Waals surface area (Å²) >= 11 is 0. The van der Waals surface area contributed by atoms with Crippen LogP contribution in [0.3, 0.4) is 0 Å². The van der Waals surface area contributed by atoms with Crippen LogP contribution in [0.5, 0.6) is 5.75 Å². The summed E-state index contributed by atoms with van der Waals surface area (Å²) < 4.78 is 32.3. The molecule has 0 aliphatic carbocycles. The Morgan fingerprint density at radius 3 is 2.50 bits per heavy atom. The van der Waals surface area contributed by atoms with Crippen LogP contribution < -0.4 is 26.2 Å². The van der Waals surface area contributed by atoms with E-state index >= 15 is 0 Å². The predicted octanol–water partition coefficient (Wildman–Crippen LogP) is 2.00. The highest BCUT2D eigenvalue weighted by Crippen LogP contribution is 2.23. The van der Waals surface area contributed by atoms with Gasteiger partial charge in [0.05, 0.1) is 0 Å². The number of ether oxygens (including phenoxy) is 1.